The van der Waals surface area contributed by atoms with E-state index in [-0.39, 0.29) is 65.6 Å². The van der Waals surface area contributed by atoms with Gasteiger partial charge in [-0.05, 0) is 35.3 Å². The van der Waals surface area contributed by atoms with E-state index in [1.165, 1.54) is 0 Å². The first-order valence-electron chi connectivity index (χ1n) is 6.48. The summed E-state index contributed by atoms with van der Waals surface area (Å²) in [6.45, 7) is 4.43. The second-order valence-electron chi connectivity index (χ2n) is 3.94. The zero-order valence-electron chi connectivity index (χ0n) is 13.2. The smallest absolute Gasteiger partial charge is 0.457 e. The van der Waals surface area contributed by atoms with Gasteiger partial charge >= 0.3 is 65.3 Å². The molecule has 1 N–H and O–H groups in total. The summed E-state index contributed by atoms with van der Waals surface area (Å²) in [6.07, 6.45) is 0. The van der Waals surface area contributed by atoms with Crippen molar-refractivity contribution >= 4 is 12.6 Å². The van der Waals surface area contributed by atoms with E-state index in [9.17, 15) is 5.02 Å². The Bertz CT molecular complexity index is 534. The van der Waals surface area contributed by atoms with Crippen LogP contribution in [0.1, 0.15) is 19.4 Å². The fourth-order valence-corrected chi connectivity index (χ4v) is 1.89. The molecule has 0 saturated heterocycles. The van der Waals surface area contributed by atoms with Crippen LogP contribution >= 0.6 is 0 Å². The minimum Gasteiger partial charge on any atom is -0.457 e. The summed E-state index contributed by atoms with van der Waals surface area (Å²) < 4.78 is 10.8. The standard InChI is InChI=1S/C13H11BO3.C2H6.CH3.Rb/c15-14-13-7-6-12(8-10(13)9-16-14)17-11-4-2-1-3-5-11;1-2;;/h1-8,15H,9H2;1-2H3;1H3;/q;;-1;+1. The van der Waals surface area contributed by atoms with Crippen LogP contribution in [0.25, 0.3) is 0 Å². The Labute approximate surface area is 176 Å². The third kappa shape index (κ3) is 5.62. The van der Waals surface area contributed by atoms with Crippen LogP contribution < -0.4 is 68.4 Å². The molecule has 0 aliphatic carbocycles. The number of ether oxygens (including phenoxy) is 1. The fourth-order valence-electron chi connectivity index (χ4n) is 1.89. The second kappa shape index (κ2) is 10.7. The van der Waals surface area contributed by atoms with Crippen LogP contribution in [-0.2, 0) is 11.3 Å². The van der Waals surface area contributed by atoms with Crippen molar-refractivity contribution < 1.29 is 72.6 Å². The van der Waals surface area contributed by atoms with Crippen molar-refractivity contribution in [3.63, 3.8) is 0 Å². The van der Waals surface area contributed by atoms with Gasteiger partial charge in [-0.15, -0.1) is 0 Å². The third-order valence-electron chi connectivity index (χ3n) is 2.76. The molecule has 2 aromatic rings. The molecule has 5 heteroatoms. The van der Waals surface area contributed by atoms with E-state index in [2.05, 4.69) is 0 Å². The largest absolute Gasteiger partial charge is 1.00 e. The molecular weight excluding hydrogens is 336 g/mol. The number of hydrogen-bond acceptors (Lipinski definition) is 3. The van der Waals surface area contributed by atoms with Crippen molar-refractivity contribution in [3.8, 4) is 11.5 Å². The molecule has 3 nitrogen and oxygen atoms in total. The van der Waals surface area contributed by atoms with Crippen molar-refractivity contribution in [2.24, 2.45) is 0 Å². The minimum atomic E-state index is -0.796. The summed E-state index contributed by atoms with van der Waals surface area (Å²) in [7, 11) is -0.796. The van der Waals surface area contributed by atoms with Crippen molar-refractivity contribution in [2.75, 3.05) is 0 Å². The Morgan fingerprint density at radius 2 is 1.71 bits per heavy atom. The van der Waals surface area contributed by atoms with E-state index in [1.807, 2.05) is 62.4 Å². The quantitative estimate of drug-likeness (QED) is 0.616. The van der Waals surface area contributed by atoms with Crippen molar-refractivity contribution in [1.29, 1.82) is 0 Å². The van der Waals surface area contributed by atoms with Gasteiger partial charge in [0.15, 0.2) is 0 Å². The van der Waals surface area contributed by atoms with Crippen LogP contribution in [0.5, 0.6) is 11.5 Å². The Balaban J connectivity index is 0.000000961. The summed E-state index contributed by atoms with van der Waals surface area (Å²) in [5, 5.41) is 9.50. The second-order valence-corrected chi connectivity index (χ2v) is 3.94. The van der Waals surface area contributed by atoms with Crippen LogP contribution in [0, 0.1) is 7.43 Å². The van der Waals surface area contributed by atoms with Crippen molar-refractivity contribution in [1.82, 2.24) is 0 Å². The predicted octanol–water partition coefficient (Wildman–Crippen LogP) is 0.177. The van der Waals surface area contributed by atoms with Gasteiger partial charge in [-0.1, -0.05) is 38.1 Å². The van der Waals surface area contributed by atoms with Gasteiger partial charge in [0.1, 0.15) is 11.5 Å². The van der Waals surface area contributed by atoms with Gasteiger partial charge in [0.05, 0.1) is 6.61 Å². The molecule has 0 atom stereocenters. The SMILES string of the molecule is CC.OB1OCc2cc(Oc3ccccc3)ccc21.[CH3-].[Rb+]. The van der Waals surface area contributed by atoms with E-state index in [0.717, 1.165) is 22.5 Å². The van der Waals surface area contributed by atoms with Gasteiger partial charge in [0.2, 0.25) is 0 Å². The topological polar surface area (TPSA) is 38.7 Å². The maximum absolute atomic E-state index is 9.50. The Kier molecular flexibility index (Phi) is 10.7. The zero-order valence-corrected chi connectivity index (χ0v) is 18.1. The van der Waals surface area contributed by atoms with Gasteiger partial charge in [-0.3, -0.25) is 0 Å². The monoisotopic (exact) mass is 356 g/mol. The summed E-state index contributed by atoms with van der Waals surface area (Å²) in [5.41, 5.74) is 1.80. The molecule has 106 valence electrons. The van der Waals surface area contributed by atoms with Crippen LogP contribution in [0.2, 0.25) is 0 Å². The molecule has 0 unspecified atom stereocenters. The predicted molar refractivity (Wildman–Crippen MR) is 83.1 cm³/mol. The van der Waals surface area contributed by atoms with Crippen LogP contribution in [-0.4, -0.2) is 12.1 Å². The maximum Gasteiger partial charge on any atom is 1.00 e. The fraction of sp³-hybridized carbons (Fsp3) is 0.188. The Morgan fingerprint density at radius 1 is 1.05 bits per heavy atom. The van der Waals surface area contributed by atoms with Crippen LogP contribution in [0.4, 0.5) is 0 Å². The Hall–Kier alpha value is 0.0301. The van der Waals surface area contributed by atoms with Gasteiger partial charge in [0, 0.05) is 0 Å². The maximum atomic E-state index is 9.50. The number of rotatable bonds is 2. The summed E-state index contributed by atoms with van der Waals surface area (Å²) in [4.78, 5) is 0. The average molecular weight is 357 g/mol. The summed E-state index contributed by atoms with van der Waals surface area (Å²) in [6, 6.07) is 15.2. The van der Waals surface area contributed by atoms with Crippen LogP contribution in [0.15, 0.2) is 48.5 Å². The first-order valence-corrected chi connectivity index (χ1v) is 6.48. The first-order chi connectivity index (χ1) is 9.33. The van der Waals surface area contributed by atoms with Gasteiger partial charge < -0.3 is 21.8 Å². The van der Waals surface area contributed by atoms with Gasteiger partial charge in [-0.25, -0.2) is 0 Å². The molecule has 0 fully saturated rings. The molecule has 0 spiro atoms. The third-order valence-corrected chi connectivity index (χ3v) is 2.76. The molecule has 0 radical (unpaired) electrons. The summed E-state index contributed by atoms with van der Waals surface area (Å²) in [5.74, 6) is 1.56. The minimum absolute atomic E-state index is 0. The van der Waals surface area contributed by atoms with Gasteiger partial charge in [-0.2, -0.15) is 0 Å². The molecule has 0 bridgehead atoms. The number of benzene rings is 2. The molecular formula is C16H20BO3Rb. The van der Waals surface area contributed by atoms with Gasteiger partial charge in [0.25, 0.3) is 0 Å². The van der Waals surface area contributed by atoms with E-state index in [4.69, 9.17) is 9.39 Å². The summed E-state index contributed by atoms with van der Waals surface area (Å²) >= 11 is 0. The molecule has 2 aromatic carbocycles. The molecule has 0 aromatic heterocycles. The van der Waals surface area contributed by atoms with E-state index < -0.39 is 7.12 Å². The van der Waals surface area contributed by atoms with E-state index in [0.29, 0.717) is 6.61 Å². The average Bonchev–Trinajstić information content (AvgIpc) is 2.83. The molecule has 1 aliphatic rings. The first kappa shape index (κ1) is 21.0. The van der Waals surface area contributed by atoms with Crippen molar-refractivity contribution in [3.05, 3.63) is 61.5 Å². The van der Waals surface area contributed by atoms with E-state index in [1.54, 1.807) is 0 Å². The molecule has 3 rings (SSSR count). The van der Waals surface area contributed by atoms with E-state index >= 15 is 0 Å². The molecule has 1 aliphatic heterocycles. The molecule has 0 amide bonds. The zero-order chi connectivity index (χ0) is 13.7. The molecule has 21 heavy (non-hydrogen) atoms. The molecule has 0 saturated carbocycles. The normalized spacial score (nSPS) is 11.3. The number of fused-ring (bicyclic) bond motifs is 1. The van der Waals surface area contributed by atoms with Crippen molar-refractivity contribution in [2.45, 2.75) is 20.5 Å². The Morgan fingerprint density at radius 3 is 2.38 bits per heavy atom. The number of hydrogen-bond donors (Lipinski definition) is 1. The van der Waals surface area contributed by atoms with Crippen LogP contribution in [0.3, 0.4) is 0 Å². The number of para-hydroxylation sites is 1. The molecule has 1 heterocycles.